The number of carbonyl (C=O) groups excluding carboxylic acids is 2. The predicted molar refractivity (Wildman–Crippen MR) is 111 cm³/mol. The standard InChI is InChI=1S/C24H27FN2O3/c1-17-8-7-13-24(14-17)27(23(29)19-11-5-6-12-20(19)25)21(16-30-24)22(28)26-15-18-9-3-2-4-10-18/h2-6,9-12,17,21H,7-8,13-16H2,1H3,(H,26,28). The highest BCUT2D eigenvalue weighted by molar-refractivity contribution is 5.98. The molecule has 2 fully saturated rings. The Hall–Kier alpha value is -2.73. The van der Waals surface area contributed by atoms with Crippen molar-refractivity contribution in [3.05, 3.63) is 71.5 Å². The lowest BCUT2D eigenvalue weighted by molar-refractivity contribution is -0.128. The van der Waals surface area contributed by atoms with Crippen molar-refractivity contribution in [2.45, 2.75) is 50.9 Å². The summed E-state index contributed by atoms with van der Waals surface area (Å²) in [4.78, 5) is 28.1. The van der Waals surface area contributed by atoms with Crippen molar-refractivity contribution >= 4 is 11.8 Å². The van der Waals surface area contributed by atoms with E-state index in [1.54, 1.807) is 12.1 Å². The van der Waals surface area contributed by atoms with Gasteiger partial charge in [0.25, 0.3) is 5.91 Å². The molecule has 6 heteroatoms. The van der Waals surface area contributed by atoms with Crippen LogP contribution in [0.5, 0.6) is 0 Å². The maximum Gasteiger partial charge on any atom is 0.259 e. The van der Waals surface area contributed by atoms with Gasteiger partial charge in [-0.25, -0.2) is 4.39 Å². The van der Waals surface area contributed by atoms with Crippen molar-refractivity contribution in [1.29, 1.82) is 0 Å². The van der Waals surface area contributed by atoms with Crippen LogP contribution in [0, 0.1) is 11.7 Å². The molecule has 30 heavy (non-hydrogen) atoms. The fourth-order valence-corrected chi connectivity index (χ4v) is 4.67. The lowest BCUT2D eigenvalue weighted by atomic mass is 9.83. The molecule has 1 saturated heterocycles. The van der Waals surface area contributed by atoms with E-state index in [1.165, 1.54) is 17.0 Å². The van der Waals surface area contributed by atoms with E-state index in [9.17, 15) is 14.0 Å². The van der Waals surface area contributed by atoms with E-state index in [0.29, 0.717) is 25.3 Å². The Bertz CT molecular complexity index is 920. The van der Waals surface area contributed by atoms with Gasteiger partial charge in [0.05, 0.1) is 12.2 Å². The molecule has 3 atom stereocenters. The highest BCUT2D eigenvalue weighted by atomic mass is 19.1. The second-order valence-electron chi connectivity index (χ2n) is 8.33. The van der Waals surface area contributed by atoms with E-state index in [0.717, 1.165) is 18.4 Å². The van der Waals surface area contributed by atoms with Gasteiger partial charge < -0.3 is 10.1 Å². The number of halogens is 1. The highest BCUT2D eigenvalue weighted by Crippen LogP contribution is 2.43. The normalized spacial score (nSPS) is 26.0. The largest absolute Gasteiger partial charge is 0.353 e. The van der Waals surface area contributed by atoms with Crippen molar-refractivity contribution in [2.24, 2.45) is 5.92 Å². The van der Waals surface area contributed by atoms with Gasteiger partial charge in [0.1, 0.15) is 17.6 Å². The molecule has 0 aromatic heterocycles. The van der Waals surface area contributed by atoms with E-state index < -0.39 is 23.5 Å². The number of nitrogens with zero attached hydrogens (tertiary/aromatic N) is 1. The van der Waals surface area contributed by atoms with Crippen LogP contribution in [0.1, 0.15) is 48.5 Å². The van der Waals surface area contributed by atoms with Crippen molar-refractivity contribution < 1.29 is 18.7 Å². The maximum absolute atomic E-state index is 14.4. The Kier molecular flexibility index (Phi) is 5.86. The Morgan fingerprint density at radius 2 is 1.90 bits per heavy atom. The molecule has 2 aliphatic rings. The number of benzene rings is 2. The fourth-order valence-electron chi connectivity index (χ4n) is 4.67. The summed E-state index contributed by atoms with van der Waals surface area (Å²) >= 11 is 0. The Morgan fingerprint density at radius 1 is 1.17 bits per heavy atom. The molecule has 1 aliphatic heterocycles. The first-order valence-electron chi connectivity index (χ1n) is 10.5. The average molecular weight is 410 g/mol. The summed E-state index contributed by atoms with van der Waals surface area (Å²) in [7, 11) is 0. The molecule has 158 valence electrons. The van der Waals surface area contributed by atoms with E-state index in [1.807, 2.05) is 30.3 Å². The quantitative estimate of drug-likeness (QED) is 0.832. The predicted octanol–water partition coefficient (Wildman–Crippen LogP) is 3.89. The molecule has 1 N–H and O–H groups in total. The Balaban J connectivity index is 1.61. The van der Waals surface area contributed by atoms with Gasteiger partial charge in [-0.1, -0.05) is 55.8 Å². The first-order valence-corrected chi connectivity index (χ1v) is 10.5. The summed E-state index contributed by atoms with van der Waals surface area (Å²) in [6, 6.07) is 14.7. The second kappa shape index (κ2) is 8.56. The first-order chi connectivity index (χ1) is 14.5. The van der Waals surface area contributed by atoms with Crippen molar-refractivity contribution in [3.63, 3.8) is 0 Å². The summed E-state index contributed by atoms with van der Waals surface area (Å²) in [6.45, 7) is 2.60. The molecule has 5 nitrogen and oxygen atoms in total. The minimum absolute atomic E-state index is 0.0264. The minimum atomic E-state index is -0.855. The zero-order chi connectivity index (χ0) is 21.1. The average Bonchev–Trinajstić information content (AvgIpc) is 3.10. The summed E-state index contributed by atoms with van der Waals surface area (Å²) in [6.07, 6.45) is 3.26. The molecular weight excluding hydrogens is 383 g/mol. The molecule has 1 spiro atoms. The fraction of sp³-hybridized carbons (Fsp3) is 0.417. The van der Waals surface area contributed by atoms with Gasteiger partial charge in [0, 0.05) is 6.54 Å². The zero-order valence-corrected chi connectivity index (χ0v) is 17.1. The van der Waals surface area contributed by atoms with E-state index >= 15 is 0 Å². The van der Waals surface area contributed by atoms with Gasteiger partial charge in [-0.3, -0.25) is 14.5 Å². The molecule has 2 aromatic rings. The molecule has 3 unspecified atom stereocenters. The van der Waals surface area contributed by atoms with E-state index in [2.05, 4.69) is 12.2 Å². The summed E-state index contributed by atoms with van der Waals surface area (Å²) < 4.78 is 20.6. The smallest absolute Gasteiger partial charge is 0.259 e. The van der Waals surface area contributed by atoms with Crippen LogP contribution in [0.3, 0.4) is 0 Å². The lowest BCUT2D eigenvalue weighted by Gasteiger charge is -2.43. The molecule has 2 amide bonds. The van der Waals surface area contributed by atoms with Crippen molar-refractivity contribution in [1.82, 2.24) is 10.2 Å². The molecule has 1 saturated carbocycles. The molecule has 1 aliphatic carbocycles. The highest BCUT2D eigenvalue weighted by Gasteiger charge is 2.54. The van der Waals surface area contributed by atoms with Crippen LogP contribution < -0.4 is 5.32 Å². The van der Waals surface area contributed by atoms with Crippen LogP contribution in [0.2, 0.25) is 0 Å². The van der Waals surface area contributed by atoms with Crippen molar-refractivity contribution in [2.75, 3.05) is 6.61 Å². The number of nitrogens with one attached hydrogen (secondary N) is 1. The molecule has 0 radical (unpaired) electrons. The Morgan fingerprint density at radius 3 is 2.63 bits per heavy atom. The van der Waals surface area contributed by atoms with Crippen LogP contribution in [0.15, 0.2) is 54.6 Å². The van der Waals surface area contributed by atoms with Crippen LogP contribution in [-0.4, -0.2) is 35.1 Å². The second-order valence-corrected chi connectivity index (χ2v) is 8.33. The first kappa shape index (κ1) is 20.5. The molecule has 1 heterocycles. The van der Waals surface area contributed by atoms with Gasteiger partial charge in [-0.15, -0.1) is 0 Å². The van der Waals surface area contributed by atoms with Gasteiger partial charge in [0.2, 0.25) is 5.91 Å². The third kappa shape index (κ3) is 3.97. The number of rotatable bonds is 4. The molecule has 0 bridgehead atoms. The number of hydrogen-bond donors (Lipinski definition) is 1. The van der Waals surface area contributed by atoms with E-state index in [4.69, 9.17) is 4.74 Å². The maximum atomic E-state index is 14.4. The molecular formula is C24H27FN2O3. The Labute approximate surface area is 176 Å². The summed E-state index contributed by atoms with van der Waals surface area (Å²) in [5.41, 5.74) is 0.0883. The SMILES string of the molecule is CC1CCCC2(C1)OCC(C(=O)NCc1ccccc1)N2C(=O)c1ccccc1F. The summed E-state index contributed by atoms with van der Waals surface area (Å²) in [5.74, 6) is -0.990. The minimum Gasteiger partial charge on any atom is -0.353 e. The number of ether oxygens (including phenoxy) is 1. The van der Waals surface area contributed by atoms with Gasteiger partial charge in [-0.2, -0.15) is 0 Å². The van der Waals surface area contributed by atoms with E-state index in [-0.39, 0.29) is 18.1 Å². The molecule has 4 rings (SSSR count). The van der Waals surface area contributed by atoms with Crippen molar-refractivity contribution in [3.8, 4) is 0 Å². The van der Waals surface area contributed by atoms with Gasteiger partial charge in [-0.05, 0) is 42.9 Å². The lowest BCUT2D eigenvalue weighted by Crippen LogP contribution is -2.57. The van der Waals surface area contributed by atoms with Crippen LogP contribution in [-0.2, 0) is 16.1 Å². The third-order valence-electron chi connectivity index (χ3n) is 6.13. The summed E-state index contributed by atoms with van der Waals surface area (Å²) in [5, 5.41) is 2.92. The van der Waals surface area contributed by atoms with Crippen LogP contribution in [0.25, 0.3) is 0 Å². The van der Waals surface area contributed by atoms with Gasteiger partial charge >= 0.3 is 0 Å². The molecule has 2 aromatic carbocycles. The number of hydrogen-bond acceptors (Lipinski definition) is 3. The number of amides is 2. The number of carbonyl (C=O) groups is 2. The van der Waals surface area contributed by atoms with Crippen LogP contribution >= 0.6 is 0 Å². The topological polar surface area (TPSA) is 58.6 Å². The zero-order valence-electron chi connectivity index (χ0n) is 17.1. The monoisotopic (exact) mass is 410 g/mol. The van der Waals surface area contributed by atoms with Gasteiger partial charge in [0.15, 0.2) is 0 Å². The van der Waals surface area contributed by atoms with Crippen LogP contribution in [0.4, 0.5) is 4.39 Å². The third-order valence-corrected chi connectivity index (χ3v) is 6.13.